The summed E-state index contributed by atoms with van der Waals surface area (Å²) >= 11 is 0. The molecule has 3 atom stereocenters. The van der Waals surface area contributed by atoms with Gasteiger partial charge in [-0.2, -0.15) is 0 Å². The van der Waals surface area contributed by atoms with Gasteiger partial charge < -0.3 is 9.80 Å². The largest absolute Gasteiger partial charge is 0.343 e. The van der Waals surface area contributed by atoms with E-state index in [1.54, 1.807) is 0 Å². The smallest absolute Gasteiger partial charge is 0.226 e. The first-order chi connectivity index (χ1) is 9.63. The fraction of sp³-hybridized carbons (Fsp3) is 0.875. The second-order valence-corrected chi connectivity index (χ2v) is 6.05. The Bertz CT molecular complexity index is 365. The SMILES string of the molecule is CCC1CCCCN1C(=O)C1CC1C(=O)N(CC)CC. The van der Waals surface area contributed by atoms with Crippen molar-refractivity contribution in [2.75, 3.05) is 19.6 Å². The van der Waals surface area contributed by atoms with Crippen LogP contribution in [0.4, 0.5) is 0 Å². The van der Waals surface area contributed by atoms with Crippen molar-refractivity contribution < 1.29 is 9.59 Å². The summed E-state index contributed by atoms with van der Waals surface area (Å²) in [4.78, 5) is 28.8. The molecule has 2 rings (SSSR count). The van der Waals surface area contributed by atoms with E-state index in [0.717, 1.165) is 45.3 Å². The molecule has 0 N–H and O–H groups in total. The molecule has 3 unspecified atom stereocenters. The minimum atomic E-state index is -0.0400. The fourth-order valence-corrected chi connectivity index (χ4v) is 3.44. The average Bonchev–Trinajstić information content (AvgIpc) is 3.28. The zero-order chi connectivity index (χ0) is 14.7. The van der Waals surface area contributed by atoms with E-state index in [4.69, 9.17) is 0 Å². The molecular formula is C16H28N2O2. The molecule has 1 heterocycles. The van der Waals surface area contributed by atoms with Crippen LogP contribution in [-0.4, -0.2) is 47.3 Å². The Morgan fingerprint density at radius 3 is 2.40 bits per heavy atom. The van der Waals surface area contributed by atoms with Crippen LogP contribution < -0.4 is 0 Å². The summed E-state index contributed by atoms with van der Waals surface area (Å²) in [7, 11) is 0. The molecule has 1 aliphatic heterocycles. The van der Waals surface area contributed by atoms with Gasteiger partial charge in [-0.25, -0.2) is 0 Å². The second kappa shape index (κ2) is 6.59. The molecule has 1 saturated heterocycles. The van der Waals surface area contributed by atoms with Crippen LogP contribution in [0.15, 0.2) is 0 Å². The Morgan fingerprint density at radius 1 is 1.10 bits per heavy atom. The molecule has 2 aliphatic rings. The topological polar surface area (TPSA) is 40.6 Å². The summed E-state index contributed by atoms with van der Waals surface area (Å²) in [5.74, 6) is 0.345. The lowest BCUT2D eigenvalue weighted by atomic mass is 9.99. The molecule has 20 heavy (non-hydrogen) atoms. The molecule has 0 aromatic heterocycles. The van der Waals surface area contributed by atoms with Crippen LogP contribution in [0.5, 0.6) is 0 Å². The van der Waals surface area contributed by atoms with Gasteiger partial charge in [-0.05, 0) is 46.0 Å². The number of carbonyl (C=O) groups excluding carboxylic acids is 2. The van der Waals surface area contributed by atoms with E-state index >= 15 is 0 Å². The minimum Gasteiger partial charge on any atom is -0.343 e. The highest BCUT2D eigenvalue weighted by Gasteiger charge is 2.51. The van der Waals surface area contributed by atoms with Gasteiger partial charge in [0.2, 0.25) is 11.8 Å². The van der Waals surface area contributed by atoms with Gasteiger partial charge in [-0.15, -0.1) is 0 Å². The van der Waals surface area contributed by atoms with Crippen molar-refractivity contribution in [2.45, 2.75) is 58.9 Å². The van der Waals surface area contributed by atoms with Gasteiger partial charge in [-0.3, -0.25) is 9.59 Å². The van der Waals surface area contributed by atoms with E-state index < -0.39 is 0 Å². The molecule has 0 bridgehead atoms. The number of likely N-dealkylation sites (tertiary alicyclic amines) is 1. The molecule has 2 fully saturated rings. The van der Waals surface area contributed by atoms with Crippen molar-refractivity contribution in [3.8, 4) is 0 Å². The number of hydrogen-bond acceptors (Lipinski definition) is 2. The Balaban J connectivity index is 1.93. The molecule has 0 aromatic rings. The van der Waals surface area contributed by atoms with Crippen LogP contribution in [0, 0.1) is 11.8 Å². The lowest BCUT2D eigenvalue weighted by Gasteiger charge is -2.35. The first-order valence-corrected chi connectivity index (χ1v) is 8.23. The summed E-state index contributed by atoms with van der Waals surface area (Å²) in [6.07, 6.45) is 5.27. The van der Waals surface area contributed by atoms with Crippen LogP contribution in [0.25, 0.3) is 0 Å². The monoisotopic (exact) mass is 280 g/mol. The van der Waals surface area contributed by atoms with Crippen LogP contribution in [0.1, 0.15) is 52.9 Å². The number of amides is 2. The summed E-state index contributed by atoms with van der Waals surface area (Å²) in [5.41, 5.74) is 0. The maximum Gasteiger partial charge on any atom is 0.226 e. The van der Waals surface area contributed by atoms with Crippen molar-refractivity contribution in [1.29, 1.82) is 0 Å². The molecule has 1 saturated carbocycles. The highest BCUT2D eigenvalue weighted by Crippen LogP contribution is 2.42. The number of rotatable bonds is 5. The predicted octanol–water partition coefficient (Wildman–Crippen LogP) is 2.28. The van der Waals surface area contributed by atoms with E-state index in [1.165, 1.54) is 6.42 Å². The molecule has 114 valence electrons. The minimum absolute atomic E-state index is 0.0322. The molecule has 1 aliphatic carbocycles. The first kappa shape index (κ1) is 15.3. The summed E-state index contributed by atoms with van der Waals surface area (Å²) < 4.78 is 0. The van der Waals surface area contributed by atoms with E-state index in [-0.39, 0.29) is 23.7 Å². The Kier molecular flexibility index (Phi) is 5.06. The molecule has 2 amide bonds. The average molecular weight is 280 g/mol. The van der Waals surface area contributed by atoms with Gasteiger partial charge in [-0.1, -0.05) is 6.92 Å². The third-order valence-corrected chi connectivity index (χ3v) is 4.88. The summed E-state index contributed by atoms with van der Waals surface area (Å²) in [6, 6.07) is 0.404. The lowest BCUT2D eigenvalue weighted by Crippen LogP contribution is -2.45. The zero-order valence-electron chi connectivity index (χ0n) is 13.1. The van der Waals surface area contributed by atoms with E-state index in [9.17, 15) is 9.59 Å². The maximum absolute atomic E-state index is 12.6. The Labute approximate surface area is 122 Å². The third-order valence-electron chi connectivity index (χ3n) is 4.88. The van der Waals surface area contributed by atoms with Crippen molar-refractivity contribution >= 4 is 11.8 Å². The fourth-order valence-electron chi connectivity index (χ4n) is 3.44. The van der Waals surface area contributed by atoms with Gasteiger partial charge in [0, 0.05) is 25.7 Å². The van der Waals surface area contributed by atoms with Crippen molar-refractivity contribution in [1.82, 2.24) is 9.80 Å². The van der Waals surface area contributed by atoms with Crippen molar-refractivity contribution in [2.24, 2.45) is 11.8 Å². The van der Waals surface area contributed by atoms with E-state index in [2.05, 4.69) is 11.8 Å². The number of nitrogens with zero attached hydrogens (tertiary/aromatic N) is 2. The molecule has 0 aromatic carbocycles. The highest BCUT2D eigenvalue weighted by molar-refractivity contribution is 5.92. The van der Waals surface area contributed by atoms with E-state index in [1.807, 2.05) is 18.7 Å². The van der Waals surface area contributed by atoms with Crippen LogP contribution in [0.3, 0.4) is 0 Å². The standard InChI is InChI=1S/C16H28N2O2/c1-4-12-9-7-8-10-18(12)16(20)14-11-13(14)15(19)17(5-2)6-3/h12-14H,4-11H2,1-3H3. The maximum atomic E-state index is 12.6. The number of hydrogen-bond donors (Lipinski definition) is 0. The molecule has 4 heteroatoms. The van der Waals surface area contributed by atoms with Gasteiger partial charge in [0.1, 0.15) is 0 Å². The molecule has 0 radical (unpaired) electrons. The van der Waals surface area contributed by atoms with Gasteiger partial charge in [0.15, 0.2) is 0 Å². The van der Waals surface area contributed by atoms with Gasteiger partial charge in [0.05, 0.1) is 11.8 Å². The van der Waals surface area contributed by atoms with Gasteiger partial charge in [0.25, 0.3) is 0 Å². The Hall–Kier alpha value is -1.06. The third kappa shape index (κ3) is 2.99. The van der Waals surface area contributed by atoms with Gasteiger partial charge >= 0.3 is 0 Å². The van der Waals surface area contributed by atoms with E-state index in [0.29, 0.717) is 6.04 Å². The van der Waals surface area contributed by atoms with Crippen molar-refractivity contribution in [3.05, 3.63) is 0 Å². The van der Waals surface area contributed by atoms with Crippen molar-refractivity contribution in [3.63, 3.8) is 0 Å². The number of carbonyl (C=O) groups is 2. The van der Waals surface area contributed by atoms with Crippen LogP contribution in [-0.2, 0) is 9.59 Å². The highest BCUT2D eigenvalue weighted by atomic mass is 16.2. The zero-order valence-corrected chi connectivity index (χ0v) is 13.1. The predicted molar refractivity (Wildman–Crippen MR) is 79.2 cm³/mol. The molecular weight excluding hydrogens is 252 g/mol. The summed E-state index contributed by atoms with van der Waals surface area (Å²) in [5, 5.41) is 0. The summed E-state index contributed by atoms with van der Waals surface area (Å²) in [6.45, 7) is 8.53. The van der Waals surface area contributed by atoms with Crippen LogP contribution >= 0.6 is 0 Å². The van der Waals surface area contributed by atoms with Crippen LogP contribution in [0.2, 0.25) is 0 Å². The lowest BCUT2D eigenvalue weighted by molar-refractivity contribution is -0.140. The Morgan fingerprint density at radius 2 is 1.80 bits per heavy atom. The quantitative estimate of drug-likeness (QED) is 0.775. The molecule has 4 nitrogen and oxygen atoms in total. The number of piperidine rings is 1. The normalized spacial score (nSPS) is 29.1. The second-order valence-electron chi connectivity index (χ2n) is 6.05. The molecule has 0 spiro atoms. The first-order valence-electron chi connectivity index (χ1n) is 8.23.